The number of hydrogen-bond donors (Lipinski definition) is 1. The van der Waals surface area contributed by atoms with Crippen molar-refractivity contribution in [1.82, 2.24) is 5.32 Å². The van der Waals surface area contributed by atoms with Crippen LogP contribution in [0.3, 0.4) is 0 Å². The Morgan fingerprint density at radius 2 is 2.10 bits per heavy atom. The second-order valence-electron chi connectivity index (χ2n) is 6.29. The van der Waals surface area contributed by atoms with Gasteiger partial charge in [0, 0.05) is 17.4 Å². The number of hydrogen-bond acceptors (Lipinski definition) is 2. The summed E-state index contributed by atoms with van der Waals surface area (Å²) < 4.78 is 5.64. The predicted octanol–water partition coefficient (Wildman–Crippen LogP) is 3.62. The molecule has 1 heterocycles. The molecule has 4 heteroatoms. The van der Waals surface area contributed by atoms with Crippen molar-refractivity contribution in [3.05, 3.63) is 29.8 Å². The molecule has 0 spiro atoms. The number of alkyl halides is 1. The lowest BCUT2D eigenvalue weighted by molar-refractivity contribution is -0.123. The lowest BCUT2D eigenvalue weighted by Crippen LogP contribution is -2.40. The maximum Gasteiger partial charge on any atom is 0.227 e. The van der Waals surface area contributed by atoms with Crippen LogP contribution in [0.1, 0.15) is 43.6 Å². The highest BCUT2D eigenvalue weighted by molar-refractivity contribution is 9.09. The standard InChI is InChI=1S/C17H22BrNO2/c18-11-17(8-3-4-9-17)12-19-16(20)14-7-10-21-15-6-2-1-5-13(14)15/h1-2,5-6,14H,3-4,7-12H2,(H,19,20). The Kier molecular flexibility index (Phi) is 4.53. The predicted molar refractivity (Wildman–Crippen MR) is 87.0 cm³/mol. The average molecular weight is 352 g/mol. The van der Waals surface area contributed by atoms with Crippen molar-refractivity contribution in [2.75, 3.05) is 18.5 Å². The van der Waals surface area contributed by atoms with E-state index in [0.717, 1.165) is 29.6 Å². The van der Waals surface area contributed by atoms with Gasteiger partial charge in [0.25, 0.3) is 0 Å². The minimum absolute atomic E-state index is 0.0660. The summed E-state index contributed by atoms with van der Waals surface area (Å²) in [7, 11) is 0. The molecule has 1 aliphatic heterocycles. The average Bonchev–Trinajstić information content (AvgIpc) is 3.01. The summed E-state index contributed by atoms with van der Waals surface area (Å²) in [6.45, 7) is 1.41. The van der Waals surface area contributed by atoms with E-state index in [2.05, 4.69) is 21.2 Å². The smallest absolute Gasteiger partial charge is 0.227 e. The first-order valence-corrected chi connectivity index (χ1v) is 8.92. The number of rotatable bonds is 4. The Bertz CT molecular complexity index is 511. The highest BCUT2D eigenvalue weighted by Crippen LogP contribution is 2.39. The lowest BCUT2D eigenvalue weighted by Gasteiger charge is -2.29. The van der Waals surface area contributed by atoms with Gasteiger partial charge in [0.2, 0.25) is 5.91 Å². The maximum atomic E-state index is 12.6. The van der Waals surface area contributed by atoms with E-state index >= 15 is 0 Å². The van der Waals surface area contributed by atoms with Gasteiger partial charge in [-0.25, -0.2) is 0 Å². The molecule has 1 fully saturated rings. The third-order valence-electron chi connectivity index (χ3n) is 4.86. The number of benzene rings is 1. The second-order valence-corrected chi connectivity index (χ2v) is 6.85. The normalized spacial score (nSPS) is 23.2. The van der Waals surface area contributed by atoms with E-state index in [0.29, 0.717) is 6.61 Å². The zero-order valence-electron chi connectivity index (χ0n) is 12.2. The van der Waals surface area contributed by atoms with E-state index in [1.54, 1.807) is 0 Å². The highest BCUT2D eigenvalue weighted by atomic mass is 79.9. The molecular formula is C17H22BrNO2. The van der Waals surface area contributed by atoms with Crippen molar-refractivity contribution in [2.45, 2.75) is 38.0 Å². The van der Waals surface area contributed by atoms with Gasteiger partial charge >= 0.3 is 0 Å². The lowest BCUT2D eigenvalue weighted by atomic mass is 9.87. The number of amides is 1. The van der Waals surface area contributed by atoms with E-state index in [1.807, 2.05) is 24.3 Å². The Morgan fingerprint density at radius 3 is 2.86 bits per heavy atom. The number of nitrogens with one attached hydrogen (secondary N) is 1. The summed E-state index contributed by atoms with van der Waals surface area (Å²) in [6.07, 6.45) is 5.75. The summed E-state index contributed by atoms with van der Waals surface area (Å²) in [5.74, 6) is 0.946. The zero-order valence-corrected chi connectivity index (χ0v) is 13.8. The molecule has 1 amide bonds. The van der Waals surface area contributed by atoms with Gasteiger partial charge in [-0.05, 0) is 30.7 Å². The molecule has 1 aromatic rings. The van der Waals surface area contributed by atoms with Crippen LogP contribution in [-0.4, -0.2) is 24.4 Å². The molecule has 0 bridgehead atoms. The van der Waals surface area contributed by atoms with Gasteiger partial charge in [-0.15, -0.1) is 0 Å². The van der Waals surface area contributed by atoms with Crippen LogP contribution >= 0.6 is 15.9 Å². The molecule has 1 aliphatic carbocycles. The first-order chi connectivity index (χ1) is 10.2. The molecule has 21 heavy (non-hydrogen) atoms. The minimum atomic E-state index is -0.0660. The molecule has 1 saturated carbocycles. The first kappa shape index (κ1) is 14.9. The van der Waals surface area contributed by atoms with Crippen molar-refractivity contribution in [1.29, 1.82) is 0 Å². The van der Waals surface area contributed by atoms with Gasteiger partial charge in [-0.1, -0.05) is 47.0 Å². The van der Waals surface area contributed by atoms with Crippen LogP contribution in [0.15, 0.2) is 24.3 Å². The summed E-state index contributed by atoms with van der Waals surface area (Å²) in [5.41, 5.74) is 1.29. The summed E-state index contributed by atoms with van der Waals surface area (Å²) >= 11 is 3.63. The molecule has 1 atom stereocenters. The zero-order chi connectivity index (χ0) is 14.7. The van der Waals surface area contributed by atoms with Crippen molar-refractivity contribution >= 4 is 21.8 Å². The fourth-order valence-electron chi connectivity index (χ4n) is 3.49. The molecule has 1 aromatic carbocycles. The molecule has 2 aliphatic rings. The Balaban J connectivity index is 1.66. The van der Waals surface area contributed by atoms with Crippen molar-refractivity contribution in [3.63, 3.8) is 0 Å². The molecule has 114 valence electrons. The molecule has 1 N–H and O–H groups in total. The molecule has 0 aromatic heterocycles. The van der Waals surface area contributed by atoms with Gasteiger partial charge in [0.15, 0.2) is 0 Å². The summed E-state index contributed by atoms with van der Waals surface area (Å²) in [5, 5.41) is 4.18. The fourth-order valence-corrected chi connectivity index (χ4v) is 4.25. The quantitative estimate of drug-likeness (QED) is 0.841. The molecule has 3 nitrogen and oxygen atoms in total. The van der Waals surface area contributed by atoms with Gasteiger partial charge in [-0.2, -0.15) is 0 Å². The Labute approximate surface area is 134 Å². The van der Waals surface area contributed by atoms with E-state index in [-0.39, 0.29) is 17.2 Å². The fraction of sp³-hybridized carbons (Fsp3) is 0.588. The highest BCUT2D eigenvalue weighted by Gasteiger charge is 2.34. The summed E-state index contributed by atoms with van der Waals surface area (Å²) in [6, 6.07) is 7.89. The van der Waals surface area contributed by atoms with E-state index in [4.69, 9.17) is 4.74 Å². The third kappa shape index (κ3) is 3.10. The number of para-hydroxylation sites is 1. The Morgan fingerprint density at radius 1 is 1.33 bits per heavy atom. The molecule has 0 radical (unpaired) electrons. The van der Waals surface area contributed by atoms with E-state index < -0.39 is 0 Å². The molecule has 1 unspecified atom stereocenters. The van der Waals surface area contributed by atoms with Crippen LogP contribution in [0.2, 0.25) is 0 Å². The van der Waals surface area contributed by atoms with Gasteiger partial charge in [0.05, 0.1) is 12.5 Å². The van der Waals surface area contributed by atoms with Crippen LogP contribution in [0.25, 0.3) is 0 Å². The minimum Gasteiger partial charge on any atom is -0.493 e. The second kappa shape index (κ2) is 6.39. The van der Waals surface area contributed by atoms with Crippen molar-refractivity contribution in [2.24, 2.45) is 5.41 Å². The van der Waals surface area contributed by atoms with Crippen LogP contribution in [0.5, 0.6) is 5.75 Å². The number of fused-ring (bicyclic) bond motifs is 1. The SMILES string of the molecule is O=C(NCC1(CBr)CCCC1)C1CCOc2ccccc21. The number of carbonyl (C=O) groups is 1. The summed E-state index contributed by atoms with van der Waals surface area (Å²) in [4.78, 5) is 12.6. The Hall–Kier alpha value is -1.03. The van der Waals surface area contributed by atoms with Crippen molar-refractivity contribution in [3.8, 4) is 5.75 Å². The van der Waals surface area contributed by atoms with Crippen LogP contribution < -0.4 is 10.1 Å². The third-order valence-corrected chi connectivity index (χ3v) is 6.05. The van der Waals surface area contributed by atoms with Crippen LogP contribution in [0.4, 0.5) is 0 Å². The number of ether oxygens (including phenoxy) is 1. The monoisotopic (exact) mass is 351 g/mol. The van der Waals surface area contributed by atoms with Crippen LogP contribution in [-0.2, 0) is 4.79 Å². The molecular weight excluding hydrogens is 330 g/mol. The topological polar surface area (TPSA) is 38.3 Å². The van der Waals surface area contributed by atoms with Crippen molar-refractivity contribution < 1.29 is 9.53 Å². The van der Waals surface area contributed by atoms with Crippen LogP contribution in [0, 0.1) is 5.41 Å². The molecule has 0 saturated heterocycles. The van der Waals surface area contributed by atoms with Gasteiger partial charge < -0.3 is 10.1 Å². The van der Waals surface area contributed by atoms with E-state index in [9.17, 15) is 4.79 Å². The maximum absolute atomic E-state index is 12.6. The first-order valence-electron chi connectivity index (χ1n) is 7.79. The van der Waals surface area contributed by atoms with E-state index in [1.165, 1.54) is 25.7 Å². The molecule has 3 rings (SSSR count). The van der Waals surface area contributed by atoms with Gasteiger partial charge in [0.1, 0.15) is 5.75 Å². The largest absolute Gasteiger partial charge is 0.493 e. The number of carbonyl (C=O) groups excluding carboxylic acids is 1. The number of halogens is 1. The van der Waals surface area contributed by atoms with Gasteiger partial charge in [-0.3, -0.25) is 4.79 Å².